The van der Waals surface area contributed by atoms with Gasteiger partial charge in [0.15, 0.2) is 0 Å². The van der Waals surface area contributed by atoms with Gasteiger partial charge in [-0.3, -0.25) is 4.79 Å². The molecular weight excluding hydrogens is 394 g/mol. The Balaban J connectivity index is 2.32. The normalized spacial score (nSPS) is 11.6. The monoisotopic (exact) mass is 431 g/mol. The first-order chi connectivity index (χ1) is 15.5. The summed E-state index contributed by atoms with van der Waals surface area (Å²) in [4.78, 5) is 22.3. The van der Waals surface area contributed by atoms with Crippen molar-refractivity contribution in [2.75, 3.05) is 22.9 Å². The van der Waals surface area contributed by atoms with E-state index in [0.29, 0.717) is 12.1 Å². The third kappa shape index (κ3) is 7.23. The molecule has 0 saturated heterocycles. The molecule has 1 aromatic carbocycles. The van der Waals surface area contributed by atoms with E-state index in [1.807, 2.05) is 56.5 Å². The van der Waals surface area contributed by atoms with Gasteiger partial charge in [-0.05, 0) is 50.5 Å². The van der Waals surface area contributed by atoms with Gasteiger partial charge >= 0.3 is 0 Å². The summed E-state index contributed by atoms with van der Waals surface area (Å²) in [5.74, 6) is 0.935. The summed E-state index contributed by atoms with van der Waals surface area (Å²) < 4.78 is 0. The van der Waals surface area contributed by atoms with Gasteiger partial charge in [-0.25, -0.2) is 4.98 Å². The predicted molar refractivity (Wildman–Crippen MR) is 137 cm³/mol. The van der Waals surface area contributed by atoms with Gasteiger partial charge < -0.3 is 9.80 Å². The van der Waals surface area contributed by atoms with Crippen LogP contribution in [0.3, 0.4) is 0 Å². The highest BCUT2D eigenvalue weighted by Gasteiger charge is 2.19. The highest BCUT2D eigenvalue weighted by molar-refractivity contribution is 6.07. The van der Waals surface area contributed by atoms with Gasteiger partial charge in [-0.1, -0.05) is 74.9 Å². The maximum atomic E-state index is 13.4. The molecule has 170 valence electrons. The van der Waals surface area contributed by atoms with Gasteiger partial charge in [-0.15, -0.1) is 0 Å². The summed E-state index contributed by atoms with van der Waals surface area (Å²) in [6.45, 7) is 14.6. The van der Waals surface area contributed by atoms with Crippen LogP contribution in [0.25, 0.3) is 0 Å². The molecule has 0 unspecified atom stereocenters. The van der Waals surface area contributed by atoms with Crippen molar-refractivity contribution in [3.63, 3.8) is 0 Å². The van der Waals surface area contributed by atoms with Crippen molar-refractivity contribution in [1.82, 2.24) is 4.98 Å². The summed E-state index contributed by atoms with van der Waals surface area (Å²) in [7, 11) is 0. The minimum Gasteiger partial charge on any atom is -0.357 e. The molecule has 1 heterocycles. The SMILES string of the molecule is C=C/C=C(\C=C/C)C(=O)N(Cc1ccc(N(CCC)CCCC)nc1)c1ccc(C)cc1. The number of hydrogen-bond acceptors (Lipinski definition) is 3. The molecule has 4 nitrogen and oxygen atoms in total. The van der Waals surface area contributed by atoms with Gasteiger partial charge in [0.1, 0.15) is 5.82 Å². The van der Waals surface area contributed by atoms with Crippen molar-refractivity contribution in [1.29, 1.82) is 0 Å². The van der Waals surface area contributed by atoms with E-state index in [-0.39, 0.29) is 5.91 Å². The van der Waals surface area contributed by atoms with E-state index in [1.165, 1.54) is 6.42 Å². The summed E-state index contributed by atoms with van der Waals surface area (Å²) in [6, 6.07) is 12.2. The van der Waals surface area contributed by atoms with Crippen molar-refractivity contribution >= 4 is 17.4 Å². The van der Waals surface area contributed by atoms with Gasteiger partial charge in [0.05, 0.1) is 6.54 Å². The fourth-order valence-corrected chi connectivity index (χ4v) is 3.51. The van der Waals surface area contributed by atoms with Gasteiger partial charge in [0, 0.05) is 30.5 Å². The van der Waals surface area contributed by atoms with Crippen LogP contribution in [0, 0.1) is 6.92 Å². The Labute approximate surface area is 194 Å². The van der Waals surface area contributed by atoms with E-state index < -0.39 is 0 Å². The third-order valence-corrected chi connectivity index (χ3v) is 5.23. The lowest BCUT2D eigenvalue weighted by Crippen LogP contribution is -2.31. The van der Waals surface area contributed by atoms with Crippen molar-refractivity contribution < 1.29 is 4.79 Å². The van der Waals surface area contributed by atoms with Gasteiger partial charge in [-0.2, -0.15) is 0 Å². The molecule has 0 aliphatic carbocycles. The van der Waals surface area contributed by atoms with Gasteiger partial charge in [0.25, 0.3) is 5.91 Å². The van der Waals surface area contributed by atoms with Crippen molar-refractivity contribution in [2.24, 2.45) is 0 Å². The first-order valence-electron chi connectivity index (χ1n) is 11.6. The van der Waals surface area contributed by atoms with E-state index >= 15 is 0 Å². The van der Waals surface area contributed by atoms with Crippen LogP contribution < -0.4 is 9.80 Å². The summed E-state index contributed by atoms with van der Waals surface area (Å²) in [5, 5.41) is 0. The molecule has 0 aliphatic heterocycles. The summed E-state index contributed by atoms with van der Waals surface area (Å²) >= 11 is 0. The van der Waals surface area contributed by atoms with Crippen molar-refractivity contribution in [3.8, 4) is 0 Å². The number of rotatable bonds is 12. The predicted octanol–water partition coefficient (Wildman–Crippen LogP) is 6.63. The number of carbonyl (C=O) groups excluding carboxylic acids is 1. The molecule has 0 radical (unpaired) electrons. The first-order valence-corrected chi connectivity index (χ1v) is 11.6. The Morgan fingerprint density at radius 2 is 1.81 bits per heavy atom. The number of aromatic nitrogens is 1. The van der Waals surface area contributed by atoms with Crippen LogP contribution in [-0.2, 0) is 11.3 Å². The average molecular weight is 432 g/mol. The van der Waals surface area contributed by atoms with E-state index in [0.717, 1.165) is 48.6 Å². The van der Waals surface area contributed by atoms with E-state index in [2.05, 4.69) is 37.5 Å². The smallest absolute Gasteiger partial charge is 0.258 e. The molecule has 1 aromatic heterocycles. The molecule has 0 saturated carbocycles. The average Bonchev–Trinajstić information content (AvgIpc) is 2.81. The standard InChI is InChI=1S/C28H37N3O/c1-6-10-20-30(19-9-4)27-18-15-24(21-29-27)22-31(26-16-13-23(5)14-17-26)28(32)25(11-7-2)12-8-3/h7-8,11-18,21H,2,6,9-10,19-20,22H2,1,3-5H3/b12-8-,25-11+. The van der Waals surface area contributed by atoms with Crippen LogP contribution in [0.4, 0.5) is 11.5 Å². The van der Waals surface area contributed by atoms with Crippen LogP contribution in [0.2, 0.25) is 0 Å². The zero-order chi connectivity index (χ0) is 23.3. The molecule has 0 bridgehead atoms. The Bertz CT molecular complexity index is 911. The largest absolute Gasteiger partial charge is 0.357 e. The van der Waals surface area contributed by atoms with Crippen molar-refractivity contribution in [2.45, 2.75) is 53.5 Å². The highest BCUT2D eigenvalue weighted by Crippen LogP contribution is 2.22. The zero-order valence-corrected chi connectivity index (χ0v) is 20.1. The maximum absolute atomic E-state index is 13.4. The van der Waals surface area contributed by atoms with E-state index in [9.17, 15) is 4.79 Å². The number of amides is 1. The number of anilines is 2. The number of nitrogens with zero attached hydrogens (tertiary/aromatic N) is 3. The molecule has 0 fully saturated rings. The molecule has 0 N–H and O–H groups in total. The Kier molecular flexibility index (Phi) is 10.5. The van der Waals surface area contributed by atoms with E-state index in [1.54, 1.807) is 17.1 Å². The zero-order valence-electron chi connectivity index (χ0n) is 20.1. The third-order valence-electron chi connectivity index (χ3n) is 5.23. The molecular formula is C28H37N3O. The second-order valence-corrected chi connectivity index (χ2v) is 7.95. The fraction of sp³-hybridized carbons (Fsp3) is 0.357. The molecule has 2 aromatic rings. The molecule has 0 atom stereocenters. The fourth-order valence-electron chi connectivity index (χ4n) is 3.51. The number of benzene rings is 1. The topological polar surface area (TPSA) is 36.4 Å². The highest BCUT2D eigenvalue weighted by atomic mass is 16.2. The molecule has 0 spiro atoms. The number of carbonyl (C=O) groups is 1. The quantitative estimate of drug-likeness (QED) is 0.280. The number of unbranched alkanes of at least 4 members (excludes halogenated alkanes) is 1. The summed E-state index contributed by atoms with van der Waals surface area (Å²) in [5.41, 5.74) is 3.61. The Hall–Kier alpha value is -3.14. The molecule has 32 heavy (non-hydrogen) atoms. The minimum absolute atomic E-state index is 0.0634. The van der Waals surface area contributed by atoms with Crippen LogP contribution in [0.1, 0.15) is 51.2 Å². The lowest BCUT2D eigenvalue weighted by molar-refractivity contribution is -0.115. The van der Waals surface area contributed by atoms with E-state index in [4.69, 9.17) is 4.98 Å². The Morgan fingerprint density at radius 1 is 1.06 bits per heavy atom. The van der Waals surface area contributed by atoms with Crippen LogP contribution in [0.15, 0.2) is 79.1 Å². The first kappa shape index (κ1) is 25.1. The lowest BCUT2D eigenvalue weighted by atomic mass is 10.1. The molecule has 0 aliphatic rings. The second kappa shape index (κ2) is 13.3. The number of hydrogen-bond donors (Lipinski definition) is 0. The second-order valence-electron chi connectivity index (χ2n) is 7.95. The maximum Gasteiger partial charge on any atom is 0.258 e. The van der Waals surface area contributed by atoms with Crippen molar-refractivity contribution in [3.05, 3.63) is 90.2 Å². The Morgan fingerprint density at radius 3 is 2.38 bits per heavy atom. The molecule has 1 amide bonds. The van der Waals surface area contributed by atoms with Crippen LogP contribution >= 0.6 is 0 Å². The van der Waals surface area contributed by atoms with Gasteiger partial charge in [0.2, 0.25) is 0 Å². The number of aryl methyl sites for hydroxylation is 1. The van der Waals surface area contributed by atoms with Crippen LogP contribution in [-0.4, -0.2) is 24.0 Å². The lowest BCUT2D eigenvalue weighted by Gasteiger charge is -2.25. The number of allylic oxidation sites excluding steroid dienone is 3. The number of pyridine rings is 1. The van der Waals surface area contributed by atoms with Crippen LogP contribution in [0.5, 0.6) is 0 Å². The molecule has 2 rings (SSSR count). The summed E-state index contributed by atoms with van der Waals surface area (Å²) in [6.07, 6.45) is 12.4. The minimum atomic E-state index is -0.0634. The molecule has 4 heteroatoms.